The summed E-state index contributed by atoms with van der Waals surface area (Å²) in [5, 5.41) is 4.20. The van der Waals surface area contributed by atoms with Crippen molar-refractivity contribution in [2.45, 2.75) is 44.1 Å². The quantitative estimate of drug-likeness (QED) is 0.703. The first kappa shape index (κ1) is 21.1. The fourth-order valence-electron chi connectivity index (χ4n) is 4.84. The predicted octanol–water partition coefficient (Wildman–Crippen LogP) is 4.80. The van der Waals surface area contributed by atoms with E-state index in [1.807, 2.05) is 11.0 Å². The number of rotatable bonds is 4. The lowest BCUT2D eigenvalue weighted by molar-refractivity contribution is -0.157. The maximum absolute atomic E-state index is 14.1. The zero-order valence-corrected chi connectivity index (χ0v) is 18.3. The molecule has 31 heavy (non-hydrogen) atoms. The van der Waals surface area contributed by atoms with Gasteiger partial charge in [0.1, 0.15) is 5.60 Å². The van der Waals surface area contributed by atoms with Crippen LogP contribution in [0, 0.1) is 17.6 Å². The minimum absolute atomic E-state index is 0.0432. The van der Waals surface area contributed by atoms with Gasteiger partial charge in [-0.1, -0.05) is 29.3 Å². The van der Waals surface area contributed by atoms with Gasteiger partial charge in [0.15, 0.2) is 11.6 Å². The van der Waals surface area contributed by atoms with Crippen LogP contribution in [0.15, 0.2) is 30.3 Å². The predicted molar refractivity (Wildman–Crippen MR) is 114 cm³/mol. The molecule has 1 N–H and O–H groups in total. The third-order valence-corrected chi connectivity index (χ3v) is 7.32. The van der Waals surface area contributed by atoms with E-state index < -0.39 is 23.2 Å². The summed E-state index contributed by atoms with van der Waals surface area (Å²) in [6.07, 6.45) is 2.40. The Kier molecular flexibility index (Phi) is 5.45. The molecule has 2 fully saturated rings. The number of piperidine rings is 1. The highest BCUT2D eigenvalue weighted by Gasteiger charge is 2.53. The van der Waals surface area contributed by atoms with Crippen LogP contribution in [0.4, 0.5) is 8.78 Å². The smallest absolute Gasteiger partial charge is 0.230 e. The summed E-state index contributed by atoms with van der Waals surface area (Å²) in [5.41, 5.74) is 1.16. The van der Waals surface area contributed by atoms with Crippen LogP contribution in [0.3, 0.4) is 0 Å². The normalized spacial score (nSPS) is 25.0. The van der Waals surface area contributed by atoms with Crippen molar-refractivity contribution in [3.63, 3.8) is 0 Å². The molecule has 164 valence electrons. The second-order valence-corrected chi connectivity index (χ2v) is 9.37. The summed E-state index contributed by atoms with van der Waals surface area (Å²) in [5.74, 6) is -2.38. The number of benzene rings is 2. The first-order valence-corrected chi connectivity index (χ1v) is 11.2. The van der Waals surface area contributed by atoms with Gasteiger partial charge in [-0.15, -0.1) is 0 Å². The van der Waals surface area contributed by atoms with Gasteiger partial charge >= 0.3 is 0 Å². The SMILES string of the molecule is O=C(C1CNCCC12OCc1cc(F)c(F)cc12)N(Cc1ccc(Cl)c(Cl)c1)C1CC1. The number of fused-ring (bicyclic) bond motifs is 2. The first-order valence-electron chi connectivity index (χ1n) is 10.5. The van der Waals surface area contributed by atoms with Crippen LogP contribution < -0.4 is 5.32 Å². The van der Waals surface area contributed by atoms with Gasteiger partial charge < -0.3 is 15.0 Å². The van der Waals surface area contributed by atoms with E-state index in [0.717, 1.165) is 18.4 Å². The standard InChI is InChI=1S/C23H22Cl2F2N2O2/c24-18-4-1-13(7-19(18)25)11-29(15-2-3-15)22(30)17-10-28-6-5-23(17)16-9-21(27)20(26)8-14(16)12-31-23/h1,4,7-9,15,17,28H,2-3,5-6,10-12H2. The van der Waals surface area contributed by atoms with E-state index in [2.05, 4.69) is 5.32 Å². The van der Waals surface area contributed by atoms with Crippen molar-refractivity contribution in [3.8, 4) is 0 Å². The molecule has 2 heterocycles. The van der Waals surface area contributed by atoms with Gasteiger partial charge in [0, 0.05) is 19.1 Å². The molecule has 2 atom stereocenters. The molecule has 5 rings (SSSR count). The summed E-state index contributed by atoms with van der Waals surface area (Å²) < 4.78 is 34.1. The van der Waals surface area contributed by atoms with Crippen LogP contribution in [-0.4, -0.2) is 29.9 Å². The Bertz CT molecular complexity index is 1050. The van der Waals surface area contributed by atoms with Gasteiger partial charge in [-0.3, -0.25) is 4.79 Å². The van der Waals surface area contributed by atoms with Gasteiger partial charge in [-0.25, -0.2) is 8.78 Å². The van der Waals surface area contributed by atoms with Gasteiger partial charge in [-0.2, -0.15) is 0 Å². The van der Waals surface area contributed by atoms with E-state index in [-0.39, 0.29) is 18.6 Å². The van der Waals surface area contributed by atoms with Crippen molar-refractivity contribution >= 4 is 29.1 Å². The molecule has 2 aromatic rings. The molecule has 2 aromatic carbocycles. The van der Waals surface area contributed by atoms with Gasteiger partial charge in [0.2, 0.25) is 5.91 Å². The molecule has 8 heteroatoms. The number of halogens is 4. The zero-order chi connectivity index (χ0) is 21.8. The number of hydrogen-bond acceptors (Lipinski definition) is 3. The Morgan fingerprint density at radius 2 is 1.94 bits per heavy atom. The van der Waals surface area contributed by atoms with Crippen LogP contribution in [-0.2, 0) is 28.3 Å². The molecule has 1 spiro atoms. The van der Waals surface area contributed by atoms with Gasteiger partial charge in [0.05, 0.1) is 22.6 Å². The topological polar surface area (TPSA) is 41.6 Å². The lowest BCUT2D eigenvalue weighted by Gasteiger charge is -2.42. The number of carbonyl (C=O) groups is 1. The monoisotopic (exact) mass is 466 g/mol. The fraction of sp³-hybridized carbons (Fsp3) is 0.435. The molecule has 0 aromatic heterocycles. The molecule has 1 amide bonds. The number of nitrogens with zero attached hydrogens (tertiary/aromatic N) is 1. The lowest BCUT2D eigenvalue weighted by Crippen LogP contribution is -2.55. The highest BCUT2D eigenvalue weighted by atomic mass is 35.5. The minimum atomic E-state index is -0.947. The van der Waals surface area contributed by atoms with E-state index in [1.54, 1.807) is 12.1 Å². The van der Waals surface area contributed by atoms with Crippen LogP contribution in [0.5, 0.6) is 0 Å². The Hall–Kier alpha value is -1.73. The molecule has 1 aliphatic carbocycles. The molecule has 0 bridgehead atoms. The van der Waals surface area contributed by atoms with Crippen molar-refractivity contribution in [2.24, 2.45) is 5.92 Å². The summed E-state index contributed by atoms with van der Waals surface area (Å²) in [4.78, 5) is 15.7. The van der Waals surface area contributed by atoms with Crippen molar-refractivity contribution in [1.29, 1.82) is 0 Å². The first-order chi connectivity index (χ1) is 14.9. The summed E-state index contributed by atoms with van der Waals surface area (Å²) in [6.45, 7) is 1.64. The van der Waals surface area contributed by atoms with Crippen molar-refractivity contribution in [1.82, 2.24) is 10.2 Å². The molecular formula is C23H22Cl2F2N2O2. The lowest BCUT2D eigenvalue weighted by atomic mass is 9.75. The molecular weight excluding hydrogens is 445 g/mol. The van der Waals surface area contributed by atoms with E-state index in [1.165, 1.54) is 12.1 Å². The number of ether oxygens (including phenoxy) is 1. The average molecular weight is 467 g/mol. The van der Waals surface area contributed by atoms with Crippen LogP contribution in [0.25, 0.3) is 0 Å². The molecule has 3 aliphatic rings. The van der Waals surface area contributed by atoms with Crippen molar-refractivity contribution < 1.29 is 18.3 Å². The molecule has 4 nitrogen and oxygen atoms in total. The molecule has 0 radical (unpaired) electrons. The van der Waals surface area contributed by atoms with Crippen LogP contribution in [0.2, 0.25) is 10.0 Å². The van der Waals surface area contributed by atoms with E-state index >= 15 is 0 Å². The van der Waals surface area contributed by atoms with E-state index in [0.29, 0.717) is 47.2 Å². The van der Waals surface area contributed by atoms with Crippen LogP contribution >= 0.6 is 23.2 Å². The van der Waals surface area contributed by atoms with Crippen LogP contribution in [0.1, 0.15) is 36.0 Å². The number of amides is 1. The Morgan fingerprint density at radius 3 is 2.68 bits per heavy atom. The zero-order valence-electron chi connectivity index (χ0n) is 16.8. The van der Waals surface area contributed by atoms with Gasteiger partial charge in [0.25, 0.3) is 0 Å². The number of carbonyl (C=O) groups excluding carboxylic acids is 1. The second-order valence-electron chi connectivity index (χ2n) is 8.55. The van der Waals surface area contributed by atoms with Crippen molar-refractivity contribution in [3.05, 3.63) is 68.7 Å². The van der Waals surface area contributed by atoms with Crippen molar-refractivity contribution in [2.75, 3.05) is 13.1 Å². The Balaban J connectivity index is 1.48. The third-order valence-electron chi connectivity index (χ3n) is 6.58. The highest BCUT2D eigenvalue weighted by molar-refractivity contribution is 6.42. The average Bonchev–Trinajstić information content (AvgIpc) is 3.55. The minimum Gasteiger partial charge on any atom is -0.365 e. The molecule has 1 saturated carbocycles. The Labute approximate surface area is 189 Å². The maximum Gasteiger partial charge on any atom is 0.230 e. The second kappa shape index (κ2) is 8.00. The third kappa shape index (κ3) is 3.74. The number of hydrogen-bond donors (Lipinski definition) is 1. The van der Waals surface area contributed by atoms with E-state index in [4.69, 9.17) is 27.9 Å². The molecule has 2 unspecified atom stereocenters. The summed E-state index contributed by atoms with van der Waals surface area (Å²) in [6, 6.07) is 7.94. The summed E-state index contributed by atoms with van der Waals surface area (Å²) in [7, 11) is 0. The molecule has 1 saturated heterocycles. The van der Waals surface area contributed by atoms with Gasteiger partial charge in [-0.05, 0) is 66.8 Å². The largest absolute Gasteiger partial charge is 0.365 e. The molecule has 2 aliphatic heterocycles. The Morgan fingerprint density at radius 1 is 1.16 bits per heavy atom. The highest BCUT2D eigenvalue weighted by Crippen LogP contribution is 2.48. The number of nitrogens with one attached hydrogen (secondary N) is 1. The summed E-state index contributed by atoms with van der Waals surface area (Å²) >= 11 is 12.2. The van der Waals surface area contributed by atoms with E-state index in [9.17, 15) is 13.6 Å². The fourth-order valence-corrected chi connectivity index (χ4v) is 5.16. The maximum atomic E-state index is 14.1.